The maximum absolute atomic E-state index is 14.4. The Kier molecular flexibility index (Phi) is 8.34. The number of aliphatic carboxylic acids is 1. The normalized spacial score (nSPS) is 14.8. The van der Waals surface area contributed by atoms with Crippen LogP contribution in [0.25, 0.3) is 28.4 Å². The molecule has 3 aromatic rings. The second-order valence-electron chi connectivity index (χ2n) is 10.1. The molecule has 10 heteroatoms. The van der Waals surface area contributed by atoms with Gasteiger partial charge in [-0.05, 0) is 79.1 Å². The summed E-state index contributed by atoms with van der Waals surface area (Å²) in [7, 11) is 0. The van der Waals surface area contributed by atoms with Gasteiger partial charge in [0.2, 0.25) is 5.82 Å². The Morgan fingerprint density at radius 3 is 2.59 bits per heavy atom. The van der Waals surface area contributed by atoms with Gasteiger partial charge in [0.15, 0.2) is 0 Å². The van der Waals surface area contributed by atoms with Gasteiger partial charge in [-0.3, -0.25) is 4.79 Å². The van der Waals surface area contributed by atoms with Gasteiger partial charge in [-0.1, -0.05) is 42.8 Å². The molecule has 39 heavy (non-hydrogen) atoms. The van der Waals surface area contributed by atoms with Gasteiger partial charge >= 0.3 is 12.1 Å². The van der Waals surface area contributed by atoms with Crippen LogP contribution < -0.4 is 5.32 Å². The molecule has 0 aliphatic heterocycles. The van der Waals surface area contributed by atoms with E-state index in [9.17, 15) is 27.5 Å². The highest BCUT2D eigenvalue weighted by Gasteiger charge is 2.35. The van der Waals surface area contributed by atoms with E-state index in [-0.39, 0.29) is 40.9 Å². The molecule has 1 aliphatic carbocycles. The van der Waals surface area contributed by atoms with Crippen molar-refractivity contribution in [2.75, 3.05) is 0 Å². The summed E-state index contributed by atoms with van der Waals surface area (Å²) in [5.41, 5.74) is 1.49. The van der Waals surface area contributed by atoms with Gasteiger partial charge in [-0.2, -0.15) is 18.2 Å². The number of benzene rings is 2. The minimum atomic E-state index is -4.61. The van der Waals surface area contributed by atoms with Gasteiger partial charge in [-0.15, -0.1) is 0 Å². The summed E-state index contributed by atoms with van der Waals surface area (Å²) in [6.07, 6.45) is 0.840. The molecule has 206 valence electrons. The number of alkyl halides is 3. The number of nitrogens with zero attached hydrogens (tertiary/aromatic N) is 2. The highest BCUT2D eigenvalue weighted by atomic mass is 19.4. The van der Waals surface area contributed by atoms with Crippen molar-refractivity contribution in [3.63, 3.8) is 0 Å². The molecule has 1 atom stereocenters. The van der Waals surface area contributed by atoms with E-state index in [0.29, 0.717) is 24.0 Å². The Labute approximate surface area is 223 Å². The fourth-order valence-electron chi connectivity index (χ4n) is 4.57. The molecule has 1 aromatic heterocycles. The van der Waals surface area contributed by atoms with Crippen LogP contribution in [0.1, 0.15) is 56.7 Å². The Morgan fingerprint density at radius 2 is 1.92 bits per heavy atom. The first-order chi connectivity index (χ1) is 18.4. The lowest BCUT2D eigenvalue weighted by atomic mass is 9.89. The molecular formula is C29H29F4N3O3. The average Bonchev–Trinajstić information content (AvgIpc) is 3.36. The summed E-state index contributed by atoms with van der Waals surface area (Å²) in [6.45, 7) is 5.72. The van der Waals surface area contributed by atoms with E-state index >= 15 is 0 Å². The first kappa shape index (κ1) is 28.2. The lowest BCUT2D eigenvalue weighted by Crippen LogP contribution is -2.37. The number of carboxylic acid groups (broad SMARTS) is 1. The van der Waals surface area contributed by atoms with E-state index in [1.54, 1.807) is 12.1 Å². The average molecular weight is 544 g/mol. The number of allylic oxidation sites excluding steroid dienone is 4. The lowest BCUT2D eigenvalue weighted by molar-refractivity contribution is -0.140. The second kappa shape index (κ2) is 11.5. The predicted octanol–water partition coefficient (Wildman–Crippen LogP) is 7.27. The van der Waals surface area contributed by atoms with Crippen LogP contribution >= 0.6 is 0 Å². The van der Waals surface area contributed by atoms with Crippen molar-refractivity contribution in [1.29, 1.82) is 0 Å². The molecule has 0 saturated heterocycles. The van der Waals surface area contributed by atoms with E-state index in [4.69, 9.17) is 4.52 Å². The molecule has 2 aromatic carbocycles. The van der Waals surface area contributed by atoms with Crippen LogP contribution in [-0.4, -0.2) is 27.3 Å². The van der Waals surface area contributed by atoms with E-state index in [1.807, 2.05) is 26.8 Å². The van der Waals surface area contributed by atoms with Crippen molar-refractivity contribution in [3.8, 4) is 22.8 Å². The Balaban J connectivity index is 1.62. The van der Waals surface area contributed by atoms with Crippen LogP contribution in [-0.2, 0) is 17.5 Å². The second-order valence-corrected chi connectivity index (χ2v) is 10.1. The van der Waals surface area contributed by atoms with Crippen molar-refractivity contribution >= 4 is 11.5 Å². The zero-order valence-electron chi connectivity index (χ0n) is 21.8. The van der Waals surface area contributed by atoms with Gasteiger partial charge in [0.25, 0.3) is 5.89 Å². The van der Waals surface area contributed by atoms with Crippen molar-refractivity contribution in [2.45, 2.75) is 58.8 Å². The van der Waals surface area contributed by atoms with Crippen LogP contribution in [0.3, 0.4) is 0 Å². The first-order valence-electron chi connectivity index (χ1n) is 12.6. The van der Waals surface area contributed by atoms with Crippen molar-refractivity contribution in [1.82, 2.24) is 15.5 Å². The minimum Gasteiger partial charge on any atom is -0.480 e. The molecule has 0 spiro atoms. The summed E-state index contributed by atoms with van der Waals surface area (Å²) in [6, 6.07) is 7.09. The molecule has 1 heterocycles. The highest BCUT2D eigenvalue weighted by molar-refractivity contribution is 5.81. The van der Waals surface area contributed by atoms with Gasteiger partial charge in [-0.25, -0.2) is 4.39 Å². The van der Waals surface area contributed by atoms with E-state index in [0.717, 1.165) is 18.1 Å². The first-order valence-corrected chi connectivity index (χ1v) is 12.6. The number of rotatable bonds is 9. The molecule has 2 N–H and O–H groups in total. The summed E-state index contributed by atoms with van der Waals surface area (Å²) in [5.74, 6) is -1.60. The van der Waals surface area contributed by atoms with Crippen LogP contribution in [0.4, 0.5) is 17.6 Å². The molecule has 0 amide bonds. The fourth-order valence-corrected chi connectivity index (χ4v) is 4.57. The Hall–Kier alpha value is -3.79. The maximum atomic E-state index is 14.4. The van der Waals surface area contributed by atoms with Crippen molar-refractivity contribution in [2.24, 2.45) is 5.92 Å². The molecule has 0 radical (unpaired) electrons. The van der Waals surface area contributed by atoms with Crippen LogP contribution in [0.5, 0.6) is 0 Å². The summed E-state index contributed by atoms with van der Waals surface area (Å²) in [5, 5.41) is 16.2. The molecule has 4 rings (SSSR count). The molecule has 1 aliphatic rings. The van der Waals surface area contributed by atoms with Crippen LogP contribution in [0.2, 0.25) is 0 Å². The maximum Gasteiger partial charge on any atom is 0.417 e. The number of halogens is 4. The fraction of sp³-hybridized carbons (Fsp3) is 0.345. The number of nitrogens with one attached hydrogen (secondary N) is 1. The number of aromatic nitrogens is 2. The minimum absolute atomic E-state index is 0.00545. The third-order valence-corrected chi connectivity index (χ3v) is 6.49. The van der Waals surface area contributed by atoms with Crippen molar-refractivity contribution in [3.05, 3.63) is 76.6 Å². The predicted molar refractivity (Wildman–Crippen MR) is 139 cm³/mol. The topological polar surface area (TPSA) is 88.2 Å². The number of carbonyl (C=O) groups is 1. The zero-order valence-corrected chi connectivity index (χ0v) is 21.8. The van der Waals surface area contributed by atoms with Crippen LogP contribution in [0, 0.1) is 11.7 Å². The van der Waals surface area contributed by atoms with E-state index in [1.165, 1.54) is 24.3 Å². The number of hydrogen-bond donors (Lipinski definition) is 2. The van der Waals surface area contributed by atoms with E-state index < -0.39 is 29.6 Å². The third-order valence-electron chi connectivity index (χ3n) is 6.49. The summed E-state index contributed by atoms with van der Waals surface area (Å²) < 4.78 is 61.8. The SMILES string of the molecule is CC1=C(c2ccc(-c3nc(-c4cc(F)cc(CNC(CC(C)C)C(=O)O)c4)no3)cc2C(F)(F)F)C=CCC1. The van der Waals surface area contributed by atoms with Gasteiger partial charge in [0, 0.05) is 17.7 Å². The highest BCUT2D eigenvalue weighted by Crippen LogP contribution is 2.40. The van der Waals surface area contributed by atoms with Gasteiger partial charge < -0.3 is 14.9 Å². The third kappa shape index (κ3) is 6.81. The smallest absolute Gasteiger partial charge is 0.417 e. The number of carboxylic acids is 1. The molecule has 1 unspecified atom stereocenters. The molecular weight excluding hydrogens is 514 g/mol. The lowest BCUT2D eigenvalue weighted by Gasteiger charge is -2.18. The molecule has 0 saturated carbocycles. The summed E-state index contributed by atoms with van der Waals surface area (Å²) >= 11 is 0. The molecule has 0 fully saturated rings. The standard InChI is InChI=1S/C29H29F4N3O3/c1-16(2)10-25(28(37)38)34-15-18-11-20(13-21(30)12-18)26-35-27(39-36-26)19-8-9-23(24(14-19)29(31,32)33)22-7-5-4-6-17(22)3/h5,7-9,11-14,16,25,34H,4,6,10,15H2,1-3H3,(H,37,38). The van der Waals surface area contributed by atoms with E-state index in [2.05, 4.69) is 15.5 Å². The molecule has 6 nitrogen and oxygen atoms in total. The zero-order chi connectivity index (χ0) is 28.3. The number of hydrogen-bond acceptors (Lipinski definition) is 5. The van der Waals surface area contributed by atoms with Crippen molar-refractivity contribution < 1.29 is 32.0 Å². The largest absolute Gasteiger partial charge is 0.480 e. The Bertz CT molecular complexity index is 1420. The molecule has 0 bridgehead atoms. The van der Waals surface area contributed by atoms with Gasteiger partial charge in [0.1, 0.15) is 11.9 Å². The quantitative estimate of drug-likeness (QED) is 0.276. The summed E-state index contributed by atoms with van der Waals surface area (Å²) in [4.78, 5) is 15.7. The Morgan fingerprint density at radius 1 is 1.15 bits per heavy atom. The monoisotopic (exact) mass is 543 g/mol. The van der Waals surface area contributed by atoms with Gasteiger partial charge in [0.05, 0.1) is 5.56 Å². The van der Waals surface area contributed by atoms with Crippen LogP contribution in [0.15, 0.2) is 58.6 Å².